The van der Waals surface area contributed by atoms with E-state index in [0.29, 0.717) is 41.5 Å². The smallest absolute Gasteiger partial charge is 0.246 e. The Hall–Kier alpha value is -4.00. The lowest BCUT2D eigenvalue weighted by Crippen LogP contribution is -2.34. The highest BCUT2D eigenvalue weighted by atomic mass is 32.1. The molecule has 0 fully saturated rings. The summed E-state index contributed by atoms with van der Waals surface area (Å²) in [6.45, 7) is 4.03. The maximum Gasteiger partial charge on any atom is 0.246 e. The predicted molar refractivity (Wildman–Crippen MR) is 150 cm³/mol. The van der Waals surface area contributed by atoms with E-state index in [1.54, 1.807) is 15.8 Å². The molecule has 4 aromatic heterocycles. The molecule has 0 radical (unpaired) electrons. The van der Waals surface area contributed by atoms with Crippen LogP contribution in [-0.2, 0) is 24.8 Å². The van der Waals surface area contributed by atoms with Crippen molar-refractivity contribution in [2.75, 3.05) is 19.8 Å². The van der Waals surface area contributed by atoms with E-state index < -0.39 is 11.6 Å². The molecule has 0 atom stereocenters. The Balaban J connectivity index is 1.63. The first-order valence-corrected chi connectivity index (χ1v) is 14.1. The monoisotopic (exact) mass is 579 g/mol. The van der Waals surface area contributed by atoms with E-state index in [9.17, 15) is 14.3 Å². The molecule has 1 aliphatic heterocycles. The van der Waals surface area contributed by atoms with Crippen molar-refractivity contribution >= 4 is 38.7 Å². The lowest BCUT2D eigenvalue weighted by Gasteiger charge is -2.24. The minimum Gasteiger partial charge on any atom is -0.490 e. The molecule has 0 bridgehead atoms. The molecule has 6 rings (SSSR count). The minimum atomic E-state index is -0.816. The first-order chi connectivity index (χ1) is 19.4. The lowest BCUT2D eigenvalue weighted by molar-refractivity contribution is -0.126. The summed E-state index contributed by atoms with van der Waals surface area (Å²) in [5, 5.41) is 16.9. The van der Waals surface area contributed by atoms with Gasteiger partial charge in [0, 0.05) is 64.4 Å². The SMILES string of the molecule is C=CC(=O)N1CCc2nc(-c3nc(-c4cnn(C)c4)c4ccsc4c3-c3c(F)cc(F)cc3OCCO)sc2C1. The molecule has 5 aromatic rings. The summed E-state index contributed by atoms with van der Waals surface area (Å²) in [5.41, 5.74) is 3.16. The van der Waals surface area contributed by atoms with Gasteiger partial charge in [-0.1, -0.05) is 6.58 Å². The minimum absolute atomic E-state index is 0.0393. The summed E-state index contributed by atoms with van der Waals surface area (Å²) in [5.74, 6) is -1.81. The van der Waals surface area contributed by atoms with E-state index in [0.717, 1.165) is 38.4 Å². The van der Waals surface area contributed by atoms with E-state index >= 15 is 4.39 Å². The van der Waals surface area contributed by atoms with Crippen molar-refractivity contribution in [2.24, 2.45) is 7.05 Å². The van der Waals surface area contributed by atoms with Gasteiger partial charge in [-0.15, -0.1) is 22.7 Å². The van der Waals surface area contributed by atoms with Crippen LogP contribution in [0.1, 0.15) is 10.6 Å². The number of amides is 1. The van der Waals surface area contributed by atoms with Gasteiger partial charge in [0.05, 0.1) is 36.3 Å². The van der Waals surface area contributed by atoms with Crippen molar-refractivity contribution in [1.82, 2.24) is 24.6 Å². The van der Waals surface area contributed by atoms with Gasteiger partial charge in [-0.2, -0.15) is 5.10 Å². The van der Waals surface area contributed by atoms with Crippen LogP contribution in [0, 0.1) is 11.6 Å². The Bertz CT molecular complexity index is 1780. The normalized spacial score (nSPS) is 13.1. The second-order valence-corrected chi connectivity index (χ2v) is 11.2. The van der Waals surface area contributed by atoms with Crippen LogP contribution in [0.4, 0.5) is 8.78 Å². The van der Waals surface area contributed by atoms with Gasteiger partial charge in [-0.25, -0.2) is 18.7 Å². The van der Waals surface area contributed by atoms with E-state index in [-0.39, 0.29) is 30.4 Å². The molecule has 1 aromatic carbocycles. The molecule has 12 heteroatoms. The summed E-state index contributed by atoms with van der Waals surface area (Å²) in [4.78, 5) is 24.8. The van der Waals surface area contributed by atoms with Crippen LogP contribution in [0.2, 0.25) is 0 Å². The Labute approximate surface area is 235 Å². The Morgan fingerprint density at radius 1 is 1.25 bits per heavy atom. The number of carbonyl (C=O) groups is 1. The van der Waals surface area contributed by atoms with Crippen molar-refractivity contribution in [2.45, 2.75) is 13.0 Å². The number of pyridine rings is 1. The number of halogens is 2. The molecule has 5 heterocycles. The average Bonchev–Trinajstić information content (AvgIpc) is 3.70. The topological polar surface area (TPSA) is 93.4 Å². The number of aliphatic hydroxyl groups excluding tert-OH is 1. The summed E-state index contributed by atoms with van der Waals surface area (Å²) < 4.78 is 38.1. The molecule has 1 N–H and O–H groups in total. The standard InChI is InChI=1S/C28H23F2N5O3S2/c1-3-22(37)35-6-4-19-21(14-35)40-28(32-19)26-24(23-18(30)10-16(29)11-20(23)38-8-7-36)27-17(5-9-39-27)25(33-26)15-12-31-34(2)13-15/h3,5,9-13,36H,1,4,6-8,14H2,2H3. The second-order valence-electron chi connectivity index (χ2n) is 9.19. The van der Waals surface area contributed by atoms with E-state index in [4.69, 9.17) is 14.7 Å². The van der Waals surface area contributed by atoms with Crippen LogP contribution in [0.5, 0.6) is 5.75 Å². The number of thiazole rings is 1. The molecular formula is C28H23F2N5O3S2. The summed E-state index contributed by atoms with van der Waals surface area (Å²) in [7, 11) is 1.81. The largest absolute Gasteiger partial charge is 0.490 e. The zero-order valence-electron chi connectivity index (χ0n) is 21.4. The second kappa shape index (κ2) is 10.5. The van der Waals surface area contributed by atoms with Crippen molar-refractivity contribution in [3.8, 4) is 38.8 Å². The molecule has 0 saturated carbocycles. The quantitative estimate of drug-likeness (QED) is 0.266. The molecule has 8 nitrogen and oxygen atoms in total. The summed E-state index contributed by atoms with van der Waals surface area (Å²) >= 11 is 2.79. The number of aryl methyl sites for hydroxylation is 1. The zero-order chi connectivity index (χ0) is 28.0. The summed E-state index contributed by atoms with van der Waals surface area (Å²) in [6, 6.07) is 3.83. The first kappa shape index (κ1) is 26.2. The fraction of sp³-hybridized carbons (Fsp3) is 0.214. The molecule has 0 spiro atoms. The Morgan fingerprint density at radius 3 is 2.85 bits per heavy atom. The van der Waals surface area contributed by atoms with Crippen LogP contribution in [0.25, 0.3) is 43.2 Å². The number of aromatic nitrogens is 4. The van der Waals surface area contributed by atoms with Gasteiger partial charge in [0.2, 0.25) is 5.91 Å². The maximum atomic E-state index is 15.7. The predicted octanol–water partition coefficient (Wildman–Crippen LogP) is 5.21. The van der Waals surface area contributed by atoms with E-state index in [1.165, 1.54) is 28.7 Å². The van der Waals surface area contributed by atoms with Crippen molar-refractivity contribution < 1.29 is 23.4 Å². The Morgan fingerprint density at radius 2 is 2.10 bits per heavy atom. The molecule has 1 aliphatic rings. The fourth-order valence-electron chi connectivity index (χ4n) is 4.85. The van der Waals surface area contributed by atoms with Gasteiger partial charge in [-0.3, -0.25) is 9.48 Å². The van der Waals surface area contributed by atoms with Crippen molar-refractivity contribution in [3.63, 3.8) is 0 Å². The third kappa shape index (κ3) is 4.57. The van der Waals surface area contributed by atoms with Gasteiger partial charge >= 0.3 is 0 Å². The van der Waals surface area contributed by atoms with Crippen molar-refractivity contribution in [1.29, 1.82) is 0 Å². The van der Waals surface area contributed by atoms with Crippen LogP contribution in [0.3, 0.4) is 0 Å². The van der Waals surface area contributed by atoms with E-state index in [2.05, 4.69) is 11.7 Å². The molecule has 0 unspecified atom stereocenters. The number of ether oxygens (including phenoxy) is 1. The average molecular weight is 580 g/mol. The van der Waals surface area contributed by atoms with Gasteiger partial charge in [-0.05, 0) is 17.5 Å². The lowest BCUT2D eigenvalue weighted by atomic mass is 9.98. The highest BCUT2D eigenvalue weighted by Crippen LogP contribution is 2.48. The zero-order valence-corrected chi connectivity index (χ0v) is 23.0. The number of aliphatic hydroxyl groups is 1. The third-order valence-electron chi connectivity index (χ3n) is 6.62. The van der Waals surface area contributed by atoms with Gasteiger partial charge in [0.25, 0.3) is 0 Å². The first-order valence-electron chi connectivity index (χ1n) is 12.4. The number of rotatable bonds is 7. The van der Waals surface area contributed by atoms with Crippen LogP contribution in [-0.4, -0.2) is 55.4 Å². The van der Waals surface area contributed by atoms with Crippen LogP contribution in [0.15, 0.2) is 48.6 Å². The fourth-order valence-corrected chi connectivity index (χ4v) is 6.92. The maximum absolute atomic E-state index is 15.7. The molecule has 1 amide bonds. The molecule has 0 aliphatic carbocycles. The van der Waals surface area contributed by atoms with Gasteiger partial charge < -0.3 is 14.7 Å². The van der Waals surface area contributed by atoms with Crippen LogP contribution >= 0.6 is 22.7 Å². The van der Waals surface area contributed by atoms with Gasteiger partial charge in [0.15, 0.2) is 0 Å². The highest BCUT2D eigenvalue weighted by molar-refractivity contribution is 7.18. The van der Waals surface area contributed by atoms with Crippen LogP contribution < -0.4 is 4.74 Å². The number of fused-ring (bicyclic) bond motifs is 2. The van der Waals surface area contributed by atoms with E-state index in [1.807, 2.05) is 24.7 Å². The number of carbonyl (C=O) groups excluding carboxylic acids is 1. The summed E-state index contributed by atoms with van der Waals surface area (Å²) in [6.07, 6.45) is 5.42. The molecular weight excluding hydrogens is 556 g/mol. The number of benzene rings is 1. The molecule has 40 heavy (non-hydrogen) atoms. The Kier molecular flexibility index (Phi) is 6.90. The molecule has 0 saturated heterocycles. The van der Waals surface area contributed by atoms with Gasteiger partial charge in [0.1, 0.15) is 34.7 Å². The third-order valence-corrected chi connectivity index (χ3v) is 8.64. The number of hydrogen-bond donors (Lipinski definition) is 1. The number of hydrogen-bond acceptors (Lipinski definition) is 8. The van der Waals surface area contributed by atoms with Crippen molar-refractivity contribution in [3.05, 3.63) is 70.8 Å². The number of thiophene rings is 1. The molecule has 204 valence electrons. The highest BCUT2D eigenvalue weighted by Gasteiger charge is 2.29. The number of nitrogens with zero attached hydrogens (tertiary/aromatic N) is 5.